The van der Waals surface area contributed by atoms with Crippen LogP contribution in [0.25, 0.3) is 0 Å². The summed E-state index contributed by atoms with van der Waals surface area (Å²) in [5.74, 6) is -1.36. The molecule has 19 heavy (non-hydrogen) atoms. The van der Waals surface area contributed by atoms with Crippen molar-refractivity contribution in [3.05, 3.63) is 24.0 Å². The lowest BCUT2D eigenvalue weighted by molar-refractivity contribution is -0.123. The molecule has 2 aliphatic rings. The number of hydrogen-bond donors (Lipinski definition) is 1. The van der Waals surface area contributed by atoms with Crippen molar-refractivity contribution in [2.75, 3.05) is 10.6 Å². The molecule has 1 heterocycles. The molecule has 1 aromatic rings. The van der Waals surface area contributed by atoms with Crippen LogP contribution in [0.4, 0.5) is 15.8 Å². The highest BCUT2D eigenvalue weighted by Gasteiger charge is 2.52. The Morgan fingerprint density at radius 2 is 1.79 bits per heavy atom. The minimum atomic E-state index is -0.630. The van der Waals surface area contributed by atoms with E-state index in [-0.39, 0.29) is 35.0 Å². The number of benzene rings is 1. The molecule has 0 aromatic heterocycles. The second-order valence-electron chi connectivity index (χ2n) is 5.51. The zero-order valence-corrected chi connectivity index (χ0v) is 10.6. The van der Waals surface area contributed by atoms with Crippen molar-refractivity contribution < 1.29 is 14.0 Å². The molecule has 0 bridgehead atoms. The van der Waals surface area contributed by atoms with Gasteiger partial charge < -0.3 is 5.73 Å². The SMILES string of the molecule is CC1CC2C(=O)N(c3ccc(N)cc3F)C(=O)C2C1. The van der Waals surface area contributed by atoms with Gasteiger partial charge in [0, 0.05) is 5.69 Å². The summed E-state index contributed by atoms with van der Waals surface area (Å²) in [5.41, 5.74) is 5.77. The molecule has 1 aliphatic heterocycles. The number of fused-ring (bicyclic) bond motifs is 1. The molecule has 5 heteroatoms. The van der Waals surface area contributed by atoms with Crippen molar-refractivity contribution in [1.29, 1.82) is 0 Å². The number of carbonyl (C=O) groups is 2. The summed E-state index contributed by atoms with van der Waals surface area (Å²) in [5, 5.41) is 0. The Kier molecular flexibility index (Phi) is 2.59. The first kappa shape index (κ1) is 12.1. The van der Waals surface area contributed by atoms with Crippen molar-refractivity contribution in [1.82, 2.24) is 0 Å². The average Bonchev–Trinajstić information content (AvgIpc) is 2.82. The molecule has 0 radical (unpaired) electrons. The molecule has 1 saturated heterocycles. The normalized spacial score (nSPS) is 30.0. The molecular weight excluding hydrogens is 247 g/mol. The Bertz CT molecular complexity index is 549. The van der Waals surface area contributed by atoms with Crippen molar-refractivity contribution in [2.24, 2.45) is 17.8 Å². The van der Waals surface area contributed by atoms with Crippen LogP contribution in [0, 0.1) is 23.6 Å². The number of nitrogens with zero attached hydrogens (tertiary/aromatic N) is 1. The third kappa shape index (κ3) is 1.72. The van der Waals surface area contributed by atoms with Crippen LogP contribution in [0.1, 0.15) is 19.8 Å². The number of imide groups is 1. The number of anilines is 2. The number of rotatable bonds is 1. The Morgan fingerprint density at radius 3 is 2.32 bits per heavy atom. The monoisotopic (exact) mass is 262 g/mol. The highest BCUT2D eigenvalue weighted by molar-refractivity contribution is 6.22. The van der Waals surface area contributed by atoms with E-state index in [1.54, 1.807) is 0 Å². The molecule has 3 rings (SSSR count). The first-order chi connectivity index (χ1) is 8.99. The van der Waals surface area contributed by atoms with Gasteiger partial charge in [0.05, 0.1) is 17.5 Å². The summed E-state index contributed by atoms with van der Waals surface area (Å²) >= 11 is 0. The summed E-state index contributed by atoms with van der Waals surface area (Å²) in [7, 11) is 0. The van der Waals surface area contributed by atoms with E-state index >= 15 is 0 Å². The maximum absolute atomic E-state index is 13.9. The number of nitrogen functional groups attached to an aromatic ring is 1. The molecule has 2 amide bonds. The van der Waals surface area contributed by atoms with Gasteiger partial charge in [0.1, 0.15) is 5.82 Å². The highest BCUT2D eigenvalue weighted by atomic mass is 19.1. The third-order valence-electron chi connectivity index (χ3n) is 4.09. The van der Waals surface area contributed by atoms with Gasteiger partial charge in [-0.05, 0) is 37.0 Å². The van der Waals surface area contributed by atoms with Crippen LogP contribution in [-0.4, -0.2) is 11.8 Å². The van der Waals surface area contributed by atoms with Crippen LogP contribution in [0.3, 0.4) is 0 Å². The summed E-state index contributed by atoms with van der Waals surface area (Å²) in [4.78, 5) is 25.6. The van der Waals surface area contributed by atoms with Crippen molar-refractivity contribution in [3.63, 3.8) is 0 Å². The standard InChI is InChI=1S/C14H15FN2O2/c1-7-4-9-10(5-7)14(19)17(13(9)18)12-3-2-8(16)6-11(12)15/h2-3,6-7,9-10H,4-5,16H2,1H3. The highest BCUT2D eigenvalue weighted by Crippen LogP contribution is 2.44. The molecule has 2 atom stereocenters. The lowest BCUT2D eigenvalue weighted by Gasteiger charge is -2.17. The van der Waals surface area contributed by atoms with Crippen LogP contribution >= 0.6 is 0 Å². The molecule has 4 nitrogen and oxygen atoms in total. The molecule has 0 spiro atoms. The van der Waals surface area contributed by atoms with Crippen molar-refractivity contribution >= 4 is 23.2 Å². The van der Waals surface area contributed by atoms with E-state index in [0.29, 0.717) is 18.8 Å². The molecule has 100 valence electrons. The van der Waals surface area contributed by atoms with Crippen molar-refractivity contribution in [3.8, 4) is 0 Å². The van der Waals surface area contributed by atoms with E-state index in [1.165, 1.54) is 12.1 Å². The van der Waals surface area contributed by atoms with E-state index in [2.05, 4.69) is 0 Å². The second kappa shape index (κ2) is 4.05. The number of hydrogen-bond acceptors (Lipinski definition) is 3. The van der Waals surface area contributed by atoms with Gasteiger partial charge >= 0.3 is 0 Å². The van der Waals surface area contributed by atoms with Gasteiger partial charge in [0.2, 0.25) is 11.8 Å². The smallest absolute Gasteiger partial charge is 0.237 e. The zero-order valence-electron chi connectivity index (χ0n) is 10.6. The number of carbonyl (C=O) groups excluding carboxylic acids is 2. The fourth-order valence-corrected chi connectivity index (χ4v) is 3.22. The van der Waals surface area contributed by atoms with Crippen LogP contribution in [0.15, 0.2) is 18.2 Å². The Balaban J connectivity index is 1.99. The maximum Gasteiger partial charge on any atom is 0.237 e. The Hall–Kier alpha value is -1.91. The van der Waals surface area contributed by atoms with E-state index < -0.39 is 5.82 Å². The second-order valence-corrected chi connectivity index (χ2v) is 5.51. The lowest BCUT2D eigenvalue weighted by Crippen LogP contribution is -2.32. The predicted molar refractivity (Wildman–Crippen MR) is 68.7 cm³/mol. The number of amides is 2. The van der Waals surface area contributed by atoms with E-state index in [9.17, 15) is 14.0 Å². The topological polar surface area (TPSA) is 63.4 Å². The van der Waals surface area contributed by atoms with Gasteiger partial charge in [0.15, 0.2) is 0 Å². The average molecular weight is 262 g/mol. The minimum absolute atomic E-state index is 0.0197. The molecule has 2 fully saturated rings. The molecule has 1 aromatic carbocycles. The predicted octanol–water partition coefficient (Wildman–Crippen LogP) is 1.94. The summed E-state index contributed by atoms with van der Waals surface area (Å²) in [6.07, 6.45) is 1.42. The maximum atomic E-state index is 13.9. The van der Waals surface area contributed by atoms with Crippen LogP contribution in [0.2, 0.25) is 0 Å². The van der Waals surface area contributed by atoms with Gasteiger partial charge in [-0.3, -0.25) is 9.59 Å². The molecular formula is C14H15FN2O2. The minimum Gasteiger partial charge on any atom is -0.399 e. The van der Waals surface area contributed by atoms with Gasteiger partial charge in [0.25, 0.3) is 0 Å². The summed E-state index contributed by atoms with van der Waals surface area (Å²) < 4.78 is 13.9. The van der Waals surface area contributed by atoms with E-state index in [0.717, 1.165) is 11.0 Å². The first-order valence-electron chi connectivity index (χ1n) is 6.42. The van der Waals surface area contributed by atoms with Gasteiger partial charge in [-0.15, -0.1) is 0 Å². The molecule has 1 saturated carbocycles. The number of halogens is 1. The Labute approximate surface area is 110 Å². The lowest BCUT2D eigenvalue weighted by atomic mass is 10.00. The summed E-state index contributed by atoms with van der Waals surface area (Å²) in [6.45, 7) is 2.03. The zero-order chi connectivity index (χ0) is 13.7. The first-order valence-corrected chi connectivity index (χ1v) is 6.42. The number of nitrogens with two attached hydrogens (primary N) is 1. The van der Waals surface area contributed by atoms with E-state index in [4.69, 9.17) is 5.73 Å². The third-order valence-corrected chi connectivity index (χ3v) is 4.09. The fraction of sp³-hybridized carbons (Fsp3) is 0.429. The molecule has 2 N–H and O–H groups in total. The van der Waals surface area contributed by atoms with Crippen LogP contribution in [-0.2, 0) is 9.59 Å². The van der Waals surface area contributed by atoms with Gasteiger partial charge in [-0.25, -0.2) is 9.29 Å². The van der Waals surface area contributed by atoms with Crippen LogP contribution in [0.5, 0.6) is 0 Å². The quantitative estimate of drug-likeness (QED) is 0.621. The van der Waals surface area contributed by atoms with Gasteiger partial charge in [-0.2, -0.15) is 0 Å². The van der Waals surface area contributed by atoms with E-state index in [1.807, 2.05) is 6.92 Å². The molecule has 1 aliphatic carbocycles. The van der Waals surface area contributed by atoms with Crippen LogP contribution < -0.4 is 10.6 Å². The fourth-order valence-electron chi connectivity index (χ4n) is 3.22. The summed E-state index contributed by atoms with van der Waals surface area (Å²) in [6, 6.07) is 4.02. The largest absolute Gasteiger partial charge is 0.399 e. The van der Waals surface area contributed by atoms with Gasteiger partial charge in [-0.1, -0.05) is 6.92 Å². The van der Waals surface area contributed by atoms with Crippen molar-refractivity contribution in [2.45, 2.75) is 19.8 Å². The molecule has 2 unspecified atom stereocenters. The Morgan fingerprint density at radius 1 is 1.21 bits per heavy atom.